The summed E-state index contributed by atoms with van der Waals surface area (Å²) < 4.78 is 38.3. The van der Waals surface area contributed by atoms with E-state index >= 15 is 0 Å². The maximum Gasteiger partial charge on any atom is 0.251 e. The smallest absolute Gasteiger partial charge is 0.251 e. The highest BCUT2D eigenvalue weighted by Gasteiger charge is 2.24. The van der Waals surface area contributed by atoms with E-state index in [9.17, 15) is 17.6 Å². The monoisotopic (exact) mass is 364 g/mol. The number of carbonyl (C=O) groups is 1. The summed E-state index contributed by atoms with van der Waals surface area (Å²) in [6.45, 7) is 3.62. The van der Waals surface area contributed by atoms with Crippen LogP contribution in [0.15, 0.2) is 53.4 Å². The lowest BCUT2D eigenvalue weighted by Crippen LogP contribution is -2.41. The van der Waals surface area contributed by atoms with E-state index in [1.807, 2.05) is 13.8 Å². The van der Waals surface area contributed by atoms with Gasteiger partial charge in [-0.1, -0.05) is 12.1 Å². The molecule has 0 radical (unpaired) electrons. The van der Waals surface area contributed by atoms with E-state index in [1.54, 1.807) is 12.1 Å². The van der Waals surface area contributed by atoms with Gasteiger partial charge in [-0.15, -0.1) is 0 Å². The Kier molecular flexibility index (Phi) is 5.29. The van der Waals surface area contributed by atoms with Crippen molar-refractivity contribution in [2.24, 2.45) is 0 Å². The molecule has 0 bridgehead atoms. The molecule has 0 heterocycles. The number of carbonyl (C=O) groups excluding carboxylic acids is 1. The van der Waals surface area contributed by atoms with Gasteiger partial charge in [0.15, 0.2) is 0 Å². The zero-order chi connectivity index (χ0) is 18.8. The van der Waals surface area contributed by atoms with E-state index in [0.29, 0.717) is 5.56 Å². The number of nitrogens with zero attached hydrogens (tertiary/aromatic N) is 1. The molecule has 2 aromatic carbocycles. The number of benzene rings is 2. The van der Waals surface area contributed by atoms with Crippen molar-refractivity contribution in [2.45, 2.75) is 24.3 Å². The highest BCUT2D eigenvalue weighted by atomic mass is 32.2. The zero-order valence-corrected chi connectivity index (χ0v) is 15.4. The third kappa shape index (κ3) is 4.24. The third-order valence-corrected chi connectivity index (χ3v) is 5.72. The van der Waals surface area contributed by atoms with Crippen molar-refractivity contribution in [1.29, 1.82) is 0 Å². The Hall–Kier alpha value is -2.25. The van der Waals surface area contributed by atoms with Crippen molar-refractivity contribution < 1.29 is 17.6 Å². The SMILES string of the molecule is CN(C)S(=O)(=O)c1ccc(C(=O)NC(C)(C)c2ccc(F)cc2)cc1. The summed E-state index contributed by atoms with van der Waals surface area (Å²) in [5.74, 6) is -0.688. The Balaban J connectivity index is 2.19. The van der Waals surface area contributed by atoms with Gasteiger partial charge >= 0.3 is 0 Å². The number of hydrogen-bond donors (Lipinski definition) is 1. The van der Waals surface area contributed by atoms with Crippen molar-refractivity contribution in [3.63, 3.8) is 0 Å². The van der Waals surface area contributed by atoms with Crippen molar-refractivity contribution in [3.05, 3.63) is 65.5 Å². The van der Waals surface area contributed by atoms with Gasteiger partial charge in [0.05, 0.1) is 10.4 Å². The van der Waals surface area contributed by atoms with E-state index in [0.717, 1.165) is 9.87 Å². The molecule has 0 aromatic heterocycles. The first-order valence-electron chi connectivity index (χ1n) is 7.65. The molecule has 0 spiro atoms. The predicted octanol–water partition coefficient (Wildman–Crippen LogP) is 2.74. The number of nitrogens with one attached hydrogen (secondary N) is 1. The lowest BCUT2D eigenvalue weighted by molar-refractivity contribution is 0.0912. The van der Waals surface area contributed by atoms with Crippen LogP contribution in [0, 0.1) is 5.82 Å². The summed E-state index contributed by atoms with van der Waals surface area (Å²) in [6.07, 6.45) is 0. The van der Waals surface area contributed by atoms with Gasteiger partial charge in [-0.25, -0.2) is 17.1 Å². The van der Waals surface area contributed by atoms with E-state index in [-0.39, 0.29) is 16.6 Å². The molecule has 0 atom stereocenters. The van der Waals surface area contributed by atoms with Crippen LogP contribution in [0.5, 0.6) is 0 Å². The van der Waals surface area contributed by atoms with Gasteiger partial charge in [-0.05, 0) is 55.8 Å². The molecule has 0 aliphatic heterocycles. The number of sulfonamides is 1. The minimum Gasteiger partial charge on any atom is -0.343 e. The first kappa shape index (κ1) is 19.1. The molecule has 2 aromatic rings. The Morgan fingerprint density at radius 1 is 1.00 bits per heavy atom. The zero-order valence-electron chi connectivity index (χ0n) is 14.6. The fraction of sp³-hybridized carbons (Fsp3) is 0.278. The summed E-state index contributed by atoms with van der Waals surface area (Å²) in [5, 5.41) is 2.87. The molecule has 0 fully saturated rings. The van der Waals surface area contributed by atoms with Crippen LogP contribution in [0.4, 0.5) is 4.39 Å². The van der Waals surface area contributed by atoms with Crippen molar-refractivity contribution in [1.82, 2.24) is 9.62 Å². The predicted molar refractivity (Wildman–Crippen MR) is 94.2 cm³/mol. The second-order valence-corrected chi connectivity index (χ2v) is 8.55. The average Bonchev–Trinajstić information content (AvgIpc) is 2.54. The second kappa shape index (κ2) is 6.93. The Morgan fingerprint density at radius 3 is 2.00 bits per heavy atom. The fourth-order valence-corrected chi connectivity index (χ4v) is 3.19. The minimum absolute atomic E-state index is 0.117. The minimum atomic E-state index is -3.54. The van der Waals surface area contributed by atoms with Crippen LogP contribution in [-0.4, -0.2) is 32.7 Å². The molecule has 0 aliphatic carbocycles. The molecule has 0 unspecified atom stereocenters. The van der Waals surface area contributed by atoms with Gasteiger partial charge < -0.3 is 5.32 Å². The number of amides is 1. The fourth-order valence-electron chi connectivity index (χ4n) is 2.28. The van der Waals surface area contributed by atoms with E-state index < -0.39 is 15.6 Å². The molecule has 134 valence electrons. The maximum atomic E-state index is 13.1. The van der Waals surface area contributed by atoms with Crippen LogP contribution in [0.2, 0.25) is 0 Å². The normalized spacial score (nSPS) is 12.2. The first-order valence-corrected chi connectivity index (χ1v) is 9.09. The number of rotatable bonds is 5. The molecule has 7 heteroatoms. The van der Waals surface area contributed by atoms with Crippen molar-refractivity contribution in [2.75, 3.05) is 14.1 Å². The highest BCUT2D eigenvalue weighted by Crippen LogP contribution is 2.21. The number of hydrogen-bond acceptors (Lipinski definition) is 3. The highest BCUT2D eigenvalue weighted by molar-refractivity contribution is 7.89. The summed E-state index contributed by atoms with van der Waals surface area (Å²) in [6, 6.07) is 11.6. The third-order valence-electron chi connectivity index (χ3n) is 3.89. The average molecular weight is 364 g/mol. The topological polar surface area (TPSA) is 66.5 Å². The Morgan fingerprint density at radius 2 is 1.52 bits per heavy atom. The molecular weight excluding hydrogens is 343 g/mol. The maximum absolute atomic E-state index is 13.1. The summed E-state index contributed by atoms with van der Waals surface area (Å²) in [4.78, 5) is 12.6. The molecule has 2 rings (SSSR count). The quantitative estimate of drug-likeness (QED) is 0.887. The Bertz CT molecular complexity index is 858. The number of halogens is 1. The molecule has 0 aliphatic rings. The van der Waals surface area contributed by atoms with Gasteiger partial charge in [0.25, 0.3) is 5.91 Å². The lowest BCUT2D eigenvalue weighted by atomic mass is 9.94. The van der Waals surface area contributed by atoms with Gasteiger partial charge in [0, 0.05) is 19.7 Å². The molecule has 1 N–H and O–H groups in total. The molecule has 5 nitrogen and oxygen atoms in total. The van der Waals surface area contributed by atoms with Gasteiger partial charge in [0.1, 0.15) is 5.82 Å². The molecule has 0 saturated carbocycles. The second-order valence-electron chi connectivity index (χ2n) is 6.40. The van der Waals surface area contributed by atoms with E-state index in [1.165, 1.54) is 50.5 Å². The van der Waals surface area contributed by atoms with Crippen LogP contribution in [-0.2, 0) is 15.6 Å². The largest absolute Gasteiger partial charge is 0.343 e. The first-order chi connectivity index (χ1) is 11.5. The molecule has 1 amide bonds. The molecule has 25 heavy (non-hydrogen) atoms. The van der Waals surface area contributed by atoms with Gasteiger partial charge in [-0.2, -0.15) is 0 Å². The van der Waals surface area contributed by atoms with Gasteiger partial charge in [0.2, 0.25) is 10.0 Å². The standard InChI is InChI=1S/C18H21FN2O3S/c1-18(2,14-7-9-15(19)10-8-14)20-17(22)13-5-11-16(12-6-13)25(23,24)21(3)4/h5-12H,1-4H3,(H,20,22). The van der Waals surface area contributed by atoms with Crippen LogP contribution in [0.1, 0.15) is 29.8 Å². The van der Waals surface area contributed by atoms with Crippen molar-refractivity contribution >= 4 is 15.9 Å². The molecule has 0 saturated heterocycles. The van der Waals surface area contributed by atoms with Crippen LogP contribution in [0.25, 0.3) is 0 Å². The summed E-state index contributed by atoms with van der Waals surface area (Å²) in [5.41, 5.74) is 0.390. The van der Waals surface area contributed by atoms with Gasteiger partial charge in [-0.3, -0.25) is 4.79 Å². The molecular formula is C18H21FN2O3S. The summed E-state index contributed by atoms with van der Waals surface area (Å²) in [7, 11) is -0.644. The van der Waals surface area contributed by atoms with E-state index in [4.69, 9.17) is 0 Å². The van der Waals surface area contributed by atoms with Crippen molar-refractivity contribution in [3.8, 4) is 0 Å². The van der Waals surface area contributed by atoms with Crippen LogP contribution in [0.3, 0.4) is 0 Å². The lowest BCUT2D eigenvalue weighted by Gasteiger charge is -2.27. The summed E-state index contributed by atoms with van der Waals surface area (Å²) >= 11 is 0. The van der Waals surface area contributed by atoms with Crippen LogP contribution < -0.4 is 5.32 Å². The Labute approximate surface area is 147 Å². The van der Waals surface area contributed by atoms with E-state index in [2.05, 4.69) is 5.32 Å². The van der Waals surface area contributed by atoms with Crippen LogP contribution >= 0.6 is 0 Å².